The maximum atomic E-state index is 5.01. The van der Waals surface area contributed by atoms with Gasteiger partial charge in [-0.25, -0.2) is 0 Å². The van der Waals surface area contributed by atoms with E-state index in [0.29, 0.717) is 6.73 Å². The van der Waals surface area contributed by atoms with Gasteiger partial charge in [-0.3, -0.25) is 4.90 Å². The Bertz CT molecular complexity index is 124. The molecule has 1 saturated heterocycles. The number of hydrogen-bond acceptors (Lipinski definition) is 4. The quantitative estimate of drug-likeness (QED) is 0.471. The van der Waals surface area contributed by atoms with E-state index in [2.05, 4.69) is 10.1 Å². The Labute approximate surface area is 71.8 Å². The van der Waals surface area contributed by atoms with Crippen LogP contribution in [0.3, 0.4) is 0 Å². The van der Waals surface area contributed by atoms with E-state index >= 15 is 0 Å². The molecule has 1 rings (SSSR count). The minimum Gasteiger partial charge on any atom is -0.380 e. The zero-order valence-corrected chi connectivity index (χ0v) is 7.64. The fraction of sp³-hybridized carbons (Fsp3) is 0.857. The minimum absolute atomic E-state index is 0.644. The lowest BCUT2D eigenvalue weighted by Gasteiger charge is -2.24. The first-order chi connectivity index (χ1) is 5.43. The smallest absolute Gasteiger partial charge is 0.170 e. The number of nitrogens with zero attached hydrogens (tertiary/aromatic N) is 2. The van der Waals surface area contributed by atoms with Gasteiger partial charge < -0.3 is 4.84 Å². The molecule has 0 atom stereocenters. The fourth-order valence-corrected chi connectivity index (χ4v) is 1.90. The average Bonchev–Trinajstić information content (AvgIpc) is 2.07. The summed E-state index contributed by atoms with van der Waals surface area (Å²) in [4.78, 5) is 7.28. The topological polar surface area (TPSA) is 24.8 Å². The third-order valence-corrected chi connectivity index (χ3v) is 2.47. The van der Waals surface area contributed by atoms with E-state index in [0.717, 1.165) is 13.1 Å². The molecule has 0 aliphatic carbocycles. The van der Waals surface area contributed by atoms with Gasteiger partial charge in [0.2, 0.25) is 0 Å². The molecule has 1 heterocycles. The van der Waals surface area contributed by atoms with Crippen LogP contribution in [0.15, 0.2) is 5.16 Å². The highest BCUT2D eigenvalue weighted by Gasteiger charge is 2.09. The molecule has 0 unspecified atom stereocenters. The van der Waals surface area contributed by atoms with E-state index in [4.69, 9.17) is 4.84 Å². The summed E-state index contributed by atoms with van der Waals surface area (Å²) < 4.78 is 0. The Balaban J connectivity index is 2.04. The van der Waals surface area contributed by atoms with Crippen molar-refractivity contribution in [3.8, 4) is 0 Å². The molecular weight excluding hydrogens is 160 g/mol. The van der Waals surface area contributed by atoms with Crippen molar-refractivity contribution >= 4 is 18.0 Å². The van der Waals surface area contributed by atoms with Gasteiger partial charge in [-0.2, -0.15) is 11.8 Å². The predicted octanol–water partition coefficient (Wildman–Crippen LogP) is 1.02. The second kappa shape index (κ2) is 5.43. The van der Waals surface area contributed by atoms with Crippen molar-refractivity contribution in [2.45, 2.75) is 6.92 Å². The molecule has 4 heteroatoms. The molecule has 0 radical (unpaired) electrons. The SMILES string of the molecule is C/C=N/OCN1CCSCC1. The van der Waals surface area contributed by atoms with E-state index in [9.17, 15) is 0 Å². The highest BCUT2D eigenvalue weighted by molar-refractivity contribution is 7.99. The van der Waals surface area contributed by atoms with E-state index in [1.54, 1.807) is 6.21 Å². The Kier molecular flexibility index (Phi) is 4.38. The summed E-state index contributed by atoms with van der Waals surface area (Å²) in [5.41, 5.74) is 0. The standard InChI is InChI=1S/C7H14N2OS/c1-2-8-10-7-9-3-5-11-6-4-9/h2H,3-7H2,1H3/b8-2+. The van der Waals surface area contributed by atoms with E-state index < -0.39 is 0 Å². The van der Waals surface area contributed by atoms with Gasteiger partial charge in [-0.1, -0.05) is 5.16 Å². The second-order valence-corrected chi connectivity index (χ2v) is 3.58. The summed E-state index contributed by atoms with van der Waals surface area (Å²) in [6.07, 6.45) is 1.67. The molecule has 0 bridgehead atoms. The summed E-state index contributed by atoms with van der Waals surface area (Å²) in [5.74, 6) is 2.44. The van der Waals surface area contributed by atoms with Crippen LogP contribution in [0.2, 0.25) is 0 Å². The molecule has 0 saturated carbocycles. The van der Waals surface area contributed by atoms with Crippen LogP contribution in [0.5, 0.6) is 0 Å². The van der Waals surface area contributed by atoms with Crippen LogP contribution < -0.4 is 0 Å². The Morgan fingerprint density at radius 3 is 2.91 bits per heavy atom. The van der Waals surface area contributed by atoms with Gasteiger partial charge in [0.25, 0.3) is 0 Å². The van der Waals surface area contributed by atoms with Gasteiger partial charge >= 0.3 is 0 Å². The molecule has 64 valence electrons. The van der Waals surface area contributed by atoms with Crippen molar-refractivity contribution in [3.05, 3.63) is 0 Å². The largest absolute Gasteiger partial charge is 0.380 e. The number of hydrogen-bond donors (Lipinski definition) is 0. The van der Waals surface area contributed by atoms with Crippen molar-refractivity contribution in [1.29, 1.82) is 0 Å². The van der Waals surface area contributed by atoms with Gasteiger partial charge in [0, 0.05) is 30.8 Å². The maximum absolute atomic E-state index is 5.01. The molecule has 11 heavy (non-hydrogen) atoms. The molecule has 3 nitrogen and oxygen atoms in total. The van der Waals surface area contributed by atoms with Crippen molar-refractivity contribution in [1.82, 2.24) is 4.90 Å². The monoisotopic (exact) mass is 174 g/mol. The number of thioether (sulfide) groups is 1. The van der Waals surface area contributed by atoms with E-state index in [-0.39, 0.29) is 0 Å². The Morgan fingerprint density at radius 1 is 1.55 bits per heavy atom. The average molecular weight is 174 g/mol. The van der Waals surface area contributed by atoms with Gasteiger partial charge in [-0.05, 0) is 6.92 Å². The lowest BCUT2D eigenvalue weighted by molar-refractivity contribution is 0.0390. The van der Waals surface area contributed by atoms with Crippen LogP contribution >= 0.6 is 11.8 Å². The molecule has 0 aromatic carbocycles. The molecule has 0 aromatic heterocycles. The van der Waals surface area contributed by atoms with Crippen molar-refractivity contribution < 1.29 is 4.84 Å². The first-order valence-electron chi connectivity index (χ1n) is 3.83. The number of oxime groups is 1. The second-order valence-electron chi connectivity index (χ2n) is 2.35. The molecule has 1 fully saturated rings. The highest BCUT2D eigenvalue weighted by Crippen LogP contribution is 2.08. The van der Waals surface area contributed by atoms with Gasteiger partial charge in [-0.15, -0.1) is 0 Å². The fourth-order valence-electron chi connectivity index (χ4n) is 0.920. The summed E-state index contributed by atoms with van der Waals surface area (Å²) in [7, 11) is 0. The summed E-state index contributed by atoms with van der Waals surface area (Å²) in [6.45, 7) is 4.75. The number of rotatable bonds is 3. The summed E-state index contributed by atoms with van der Waals surface area (Å²) >= 11 is 2.00. The van der Waals surface area contributed by atoms with Gasteiger partial charge in [0.1, 0.15) is 0 Å². The molecule has 0 spiro atoms. The van der Waals surface area contributed by atoms with Crippen molar-refractivity contribution in [2.24, 2.45) is 5.16 Å². The zero-order chi connectivity index (χ0) is 7.94. The van der Waals surface area contributed by atoms with Gasteiger partial charge in [0.05, 0.1) is 0 Å². The normalized spacial score (nSPS) is 20.8. The Hall–Kier alpha value is -0.220. The van der Waals surface area contributed by atoms with Crippen LogP contribution in [-0.4, -0.2) is 42.4 Å². The first kappa shape index (κ1) is 8.87. The minimum atomic E-state index is 0.644. The summed E-state index contributed by atoms with van der Waals surface area (Å²) in [5, 5.41) is 3.69. The van der Waals surface area contributed by atoms with Crippen LogP contribution in [0.25, 0.3) is 0 Å². The highest BCUT2D eigenvalue weighted by atomic mass is 32.2. The molecular formula is C7H14N2OS. The van der Waals surface area contributed by atoms with Crippen LogP contribution in [0, 0.1) is 0 Å². The molecule has 0 aromatic rings. The van der Waals surface area contributed by atoms with Crippen LogP contribution in [-0.2, 0) is 4.84 Å². The maximum Gasteiger partial charge on any atom is 0.170 e. The summed E-state index contributed by atoms with van der Waals surface area (Å²) in [6, 6.07) is 0. The molecule has 0 N–H and O–H groups in total. The van der Waals surface area contributed by atoms with Gasteiger partial charge in [0.15, 0.2) is 6.73 Å². The van der Waals surface area contributed by atoms with E-state index in [1.165, 1.54) is 11.5 Å². The van der Waals surface area contributed by atoms with Crippen LogP contribution in [0.4, 0.5) is 0 Å². The lowest BCUT2D eigenvalue weighted by Crippen LogP contribution is -2.33. The Morgan fingerprint density at radius 2 is 2.27 bits per heavy atom. The van der Waals surface area contributed by atoms with Crippen LogP contribution in [0.1, 0.15) is 6.92 Å². The zero-order valence-electron chi connectivity index (χ0n) is 6.82. The third-order valence-electron chi connectivity index (χ3n) is 1.52. The van der Waals surface area contributed by atoms with Crippen molar-refractivity contribution in [2.75, 3.05) is 31.3 Å². The van der Waals surface area contributed by atoms with Crippen molar-refractivity contribution in [3.63, 3.8) is 0 Å². The molecule has 0 amide bonds. The predicted molar refractivity (Wildman–Crippen MR) is 49.0 cm³/mol. The molecule has 1 aliphatic rings. The van der Waals surface area contributed by atoms with E-state index in [1.807, 2.05) is 18.7 Å². The lowest BCUT2D eigenvalue weighted by atomic mass is 10.5. The third kappa shape index (κ3) is 3.62. The first-order valence-corrected chi connectivity index (χ1v) is 4.99. The molecule has 1 aliphatic heterocycles.